The van der Waals surface area contributed by atoms with Crippen molar-refractivity contribution in [1.82, 2.24) is 14.8 Å². The predicted molar refractivity (Wildman–Crippen MR) is 93.1 cm³/mol. The molecule has 1 atom stereocenters. The highest BCUT2D eigenvalue weighted by Crippen LogP contribution is 2.27. The van der Waals surface area contributed by atoms with Crippen LogP contribution in [0.5, 0.6) is 0 Å². The number of rotatable bonds is 4. The van der Waals surface area contributed by atoms with Crippen molar-refractivity contribution >= 4 is 17.5 Å². The maximum absolute atomic E-state index is 12.7. The van der Waals surface area contributed by atoms with Gasteiger partial charge in [-0.15, -0.1) is 10.2 Å². The number of Topliss-reactive ketones (excluding diaryl/α,β-unsaturated/α-hetero) is 1. The Labute approximate surface area is 141 Å². The Morgan fingerprint density at radius 2 is 2.00 bits per heavy atom. The molecule has 1 aromatic carbocycles. The fourth-order valence-electron chi connectivity index (χ4n) is 2.89. The zero-order valence-corrected chi connectivity index (χ0v) is 14.8. The van der Waals surface area contributed by atoms with Crippen LogP contribution in [0.15, 0.2) is 23.4 Å². The smallest absolute Gasteiger partial charge is 0.191 e. The van der Waals surface area contributed by atoms with Gasteiger partial charge in [0, 0.05) is 18.5 Å². The first kappa shape index (κ1) is 16.2. The van der Waals surface area contributed by atoms with Crippen LogP contribution in [0.1, 0.15) is 53.5 Å². The molecule has 122 valence electrons. The second-order valence-corrected chi connectivity index (χ2v) is 7.59. The number of aryl methyl sites for hydroxylation is 3. The molecule has 0 unspecified atom stereocenters. The molecule has 0 spiro atoms. The zero-order valence-electron chi connectivity index (χ0n) is 14.0. The Balaban J connectivity index is 1.76. The van der Waals surface area contributed by atoms with E-state index in [1.807, 2.05) is 32.0 Å². The molecule has 1 aromatic heterocycles. The molecule has 0 amide bonds. The number of thioether (sulfide) groups is 1. The second-order valence-electron chi connectivity index (χ2n) is 6.28. The SMILES string of the molecule is Cc1ccc(C(=O)[C@@H](C)Sc2nnc3n2CCCCC3)cc1C. The molecule has 3 rings (SSSR count). The van der Waals surface area contributed by atoms with Gasteiger partial charge < -0.3 is 4.57 Å². The van der Waals surface area contributed by atoms with Crippen molar-refractivity contribution in [1.29, 1.82) is 0 Å². The molecule has 5 heteroatoms. The van der Waals surface area contributed by atoms with Crippen molar-refractivity contribution in [3.63, 3.8) is 0 Å². The summed E-state index contributed by atoms with van der Waals surface area (Å²) in [5.41, 5.74) is 3.15. The summed E-state index contributed by atoms with van der Waals surface area (Å²) in [6.45, 7) is 7.03. The van der Waals surface area contributed by atoms with Gasteiger partial charge in [-0.3, -0.25) is 4.79 Å². The third-order valence-corrected chi connectivity index (χ3v) is 5.60. The van der Waals surface area contributed by atoms with Crippen LogP contribution in [-0.2, 0) is 13.0 Å². The molecule has 4 nitrogen and oxygen atoms in total. The van der Waals surface area contributed by atoms with Gasteiger partial charge in [0.25, 0.3) is 0 Å². The van der Waals surface area contributed by atoms with Crippen LogP contribution in [0.3, 0.4) is 0 Å². The monoisotopic (exact) mass is 329 g/mol. The summed E-state index contributed by atoms with van der Waals surface area (Å²) in [6, 6.07) is 5.92. The van der Waals surface area contributed by atoms with Crippen molar-refractivity contribution in [2.24, 2.45) is 0 Å². The van der Waals surface area contributed by atoms with E-state index in [0.717, 1.165) is 41.5 Å². The number of carbonyl (C=O) groups excluding carboxylic acids is 1. The van der Waals surface area contributed by atoms with E-state index in [0.29, 0.717) is 0 Å². The van der Waals surface area contributed by atoms with Crippen molar-refractivity contribution in [2.75, 3.05) is 0 Å². The molecule has 0 aliphatic carbocycles. The number of fused-ring (bicyclic) bond motifs is 1. The van der Waals surface area contributed by atoms with Crippen molar-refractivity contribution in [2.45, 2.75) is 63.4 Å². The molecule has 0 bridgehead atoms. The van der Waals surface area contributed by atoms with E-state index in [2.05, 4.69) is 21.7 Å². The summed E-state index contributed by atoms with van der Waals surface area (Å²) in [7, 11) is 0. The topological polar surface area (TPSA) is 47.8 Å². The standard InChI is InChI=1S/C18H23N3OS/c1-12-8-9-15(11-13(12)2)17(22)14(3)23-18-20-19-16-7-5-4-6-10-21(16)18/h8-9,11,14H,4-7,10H2,1-3H3/t14-/m1/s1. The Hall–Kier alpha value is -1.62. The Kier molecular flexibility index (Phi) is 4.85. The molecule has 0 radical (unpaired) electrons. The number of benzene rings is 1. The summed E-state index contributed by atoms with van der Waals surface area (Å²) >= 11 is 1.53. The van der Waals surface area contributed by atoms with Gasteiger partial charge in [-0.1, -0.05) is 30.3 Å². The predicted octanol–water partition coefficient (Wildman–Crippen LogP) is 3.98. The first-order valence-electron chi connectivity index (χ1n) is 8.26. The van der Waals surface area contributed by atoms with E-state index in [4.69, 9.17) is 0 Å². The number of nitrogens with zero attached hydrogens (tertiary/aromatic N) is 3. The number of carbonyl (C=O) groups is 1. The lowest BCUT2D eigenvalue weighted by Gasteiger charge is -2.12. The summed E-state index contributed by atoms with van der Waals surface area (Å²) in [4.78, 5) is 12.7. The third kappa shape index (κ3) is 3.50. The average molecular weight is 329 g/mol. The van der Waals surface area contributed by atoms with E-state index in [9.17, 15) is 4.79 Å². The van der Waals surface area contributed by atoms with Crippen LogP contribution in [0.4, 0.5) is 0 Å². The van der Waals surface area contributed by atoms with Gasteiger partial charge in [0.15, 0.2) is 10.9 Å². The minimum atomic E-state index is -0.159. The molecule has 23 heavy (non-hydrogen) atoms. The third-order valence-electron chi connectivity index (χ3n) is 4.52. The molecule has 0 saturated heterocycles. The summed E-state index contributed by atoms with van der Waals surface area (Å²) in [6.07, 6.45) is 4.58. The van der Waals surface area contributed by atoms with Gasteiger partial charge in [0.2, 0.25) is 0 Å². The normalized spacial score (nSPS) is 15.8. The summed E-state index contributed by atoms with van der Waals surface area (Å²) in [5, 5.41) is 9.34. The van der Waals surface area contributed by atoms with Gasteiger partial charge >= 0.3 is 0 Å². The van der Waals surface area contributed by atoms with Crippen LogP contribution in [0, 0.1) is 13.8 Å². The first-order valence-corrected chi connectivity index (χ1v) is 9.14. The summed E-state index contributed by atoms with van der Waals surface area (Å²) in [5.74, 6) is 1.22. The molecular formula is C18H23N3OS. The van der Waals surface area contributed by atoms with Crippen molar-refractivity contribution in [3.05, 3.63) is 40.7 Å². The fourth-order valence-corrected chi connectivity index (χ4v) is 3.86. The fraction of sp³-hybridized carbons (Fsp3) is 0.500. The largest absolute Gasteiger partial charge is 0.306 e. The summed E-state index contributed by atoms with van der Waals surface area (Å²) < 4.78 is 2.20. The van der Waals surface area contributed by atoms with Crippen LogP contribution < -0.4 is 0 Å². The molecule has 1 aliphatic rings. The number of hydrogen-bond acceptors (Lipinski definition) is 4. The van der Waals surface area contributed by atoms with Crippen molar-refractivity contribution < 1.29 is 4.79 Å². The lowest BCUT2D eigenvalue weighted by Crippen LogP contribution is -2.15. The van der Waals surface area contributed by atoms with E-state index in [1.54, 1.807) is 0 Å². The quantitative estimate of drug-likeness (QED) is 0.629. The van der Waals surface area contributed by atoms with Crippen molar-refractivity contribution in [3.8, 4) is 0 Å². The molecule has 0 N–H and O–H groups in total. The Morgan fingerprint density at radius 3 is 2.78 bits per heavy atom. The maximum Gasteiger partial charge on any atom is 0.191 e. The lowest BCUT2D eigenvalue weighted by molar-refractivity contribution is 0.0993. The zero-order chi connectivity index (χ0) is 16.4. The number of hydrogen-bond donors (Lipinski definition) is 0. The Morgan fingerprint density at radius 1 is 1.17 bits per heavy atom. The molecule has 1 aliphatic heterocycles. The van der Waals surface area contributed by atoms with E-state index in [1.165, 1.54) is 30.2 Å². The van der Waals surface area contributed by atoms with Gasteiger partial charge in [-0.05, 0) is 50.8 Å². The van der Waals surface area contributed by atoms with Crippen LogP contribution in [0.2, 0.25) is 0 Å². The highest BCUT2D eigenvalue weighted by atomic mass is 32.2. The minimum Gasteiger partial charge on any atom is -0.306 e. The number of aromatic nitrogens is 3. The van der Waals surface area contributed by atoms with Gasteiger partial charge in [0.1, 0.15) is 5.82 Å². The average Bonchev–Trinajstić information content (AvgIpc) is 2.77. The van der Waals surface area contributed by atoms with E-state index < -0.39 is 0 Å². The molecule has 0 saturated carbocycles. The molecular weight excluding hydrogens is 306 g/mol. The molecule has 0 fully saturated rings. The molecule has 2 heterocycles. The van der Waals surface area contributed by atoms with Gasteiger partial charge in [-0.2, -0.15) is 0 Å². The van der Waals surface area contributed by atoms with Crippen LogP contribution in [-0.4, -0.2) is 25.8 Å². The number of ketones is 1. The second kappa shape index (κ2) is 6.87. The van der Waals surface area contributed by atoms with Crippen LogP contribution >= 0.6 is 11.8 Å². The minimum absolute atomic E-state index is 0.157. The highest BCUT2D eigenvalue weighted by molar-refractivity contribution is 8.00. The van der Waals surface area contributed by atoms with Gasteiger partial charge in [0.05, 0.1) is 5.25 Å². The van der Waals surface area contributed by atoms with E-state index >= 15 is 0 Å². The van der Waals surface area contributed by atoms with Gasteiger partial charge in [-0.25, -0.2) is 0 Å². The molecule has 2 aromatic rings. The first-order chi connectivity index (χ1) is 11.1. The lowest BCUT2D eigenvalue weighted by atomic mass is 10.0. The van der Waals surface area contributed by atoms with Crippen LogP contribution in [0.25, 0.3) is 0 Å². The van der Waals surface area contributed by atoms with E-state index in [-0.39, 0.29) is 11.0 Å². The highest BCUT2D eigenvalue weighted by Gasteiger charge is 2.22. The maximum atomic E-state index is 12.7. The Bertz CT molecular complexity index is 723.